The topological polar surface area (TPSA) is 68.0 Å². The van der Waals surface area contributed by atoms with Gasteiger partial charge < -0.3 is 11.1 Å². The first kappa shape index (κ1) is 12.0. The lowest BCUT2D eigenvalue weighted by Crippen LogP contribution is -2.27. The van der Waals surface area contributed by atoms with E-state index in [1.165, 1.54) is 0 Å². The summed E-state index contributed by atoms with van der Waals surface area (Å²) < 4.78 is 0. The summed E-state index contributed by atoms with van der Waals surface area (Å²) in [4.78, 5) is 16.6. The van der Waals surface area contributed by atoms with E-state index in [4.69, 9.17) is 5.73 Å². The number of carbonyl (C=O) groups is 1. The molecule has 98 valence electrons. The minimum atomic E-state index is -0.0498. The Morgan fingerprint density at radius 3 is 3.00 bits per heavy atom. The molecular weight excluding hydrogens is 238 g/mol. The first-order chi connectivity index (χ1) is 9.19. The number of benzene rings is 1. The number of rotatable bonds is 3. The average Bonchev–Trinajstić information content (AvgIpc) is 3.16. The van der Waals surface area contributed by atoms with Gasteiger partial charge in [0.15, 0.2) is 0 Å². The summed E-state index contributed by atoms with van der Waals surface area (Å²) in [6.45, 7) is 2.15. The van der Waals surface area contributed by atoms with Gasteiger partial charge in [-0.2, -0.15) is 0 Å². The molecule has 0 bridgehead atoms. The number of para-hydroxylation sites is 1. The number of fused-ring (bicyclic) bond motifs is 1. The number of carbonyl (C=O) groups excluding carboxylic acids is 1. The van der Waals surface area contributed by atoms with Crippen LogP contribution in [0.5, 0.6) is 0 Å². The Bertz CT molecular complexity index is 638. The molecule has 1 amide bonds. The molecule has 0 saturated heterocycles. The van der Waals surface area contributed by atoms with Crippen molar-refractivity contribution < 1.29 is 4.79 Å². The maximum absolute atomic E-state index is 12.3. The Morgan fingerprint density at radius 1 is 1.47 bits per heavy atom. The molecule has 1 saturated carbocycles. The molecule has 1 fully saturated rings. The molecule has 1 aromatic carbocycles. The van der Waals surface area contributed by atoms with Crippen LogP contribution in [-0.2, 0) is 0 Å². The second-order valence-corrected chi connectivity index (χ2v) is 5.10. The van der Waals surface area contributed by atoms with Gasteiger partial charge in [-0.25, -0.2) is 4.98 Å². The summed E-state index contributed by atoms with van der Waals surface area (Å²) >= 11 is 0. The molecule has 2 unspecified atom stereocenters. The highest BCUT2D eigenvalue weighted by Crippen LogP contribution is 2.33. The van der Waals surface area contributed by atoms with Crippen LogP contribution in [0.25, 0.3) is 10.9 Å². The lowest BCUT2D eigenvalue weighted by Gasteiger charge is -2.08. The average molecular weight is 255 g/mol. The molecule has 0 spiro atoms. The predicted molar refractivity (Wildman–Crippen MR) is 75.8 cm³/mol. The van der Waals surface area contributed by atoms with E-state index in [-0.39, 0.29) is 5.91 Å². The van der Waals surface area contributed by atoms with Crippen molar-refractivity contribution in [2.45, 2.75) is 25.8 Å². The van der Waals surface area contributed by atoms with Crippen LogP contribution < -0.4 is 11.1 Å². The fourth-order valence-electron chi connectivity index (χ4n) is 2.51. The maximum Gasteiger partial charge on any atom is 0.252 e. The molecule has 1 heterocycles. The molecule has 4 nitrogen and oxygen atoms in total. The van der Waals surface area contributed by atoms with Crippen LogP contribution in [-0.4, -0.2) is 16.9 Å². The molecule has 3 N–H and O–H groups in total. The molecule has 3 rings (SSSR count). The quantitative estimate of drug-likeness (QED) is 0.884. The third kappa shape index (κ3) is 2.26. The number of nitrogens with one attached hydrogen (secondary N) is 1. The number of aromatic nitrogens is 1. The second kappa shape index (κ2) is 4.53. The van der Waals surface area contributed by atoms with Crippen molar-refractivity contribution in [2.75, 3.05) is 5.73 Å². The number of anilines is 1. The molecule has 1 aliphatic carbocycles. The van der Waals surface area contributed by atoms with Crippen molar-refractivity contribution in [2.24, 2.45) is 5.92 Å². The maximum atomic E-state index is 12.3. The van der Waals surface area contributed by atoms with Crippen LogP contribution in [0.4, 0.5) is 5.82 Å². The van der Waals surface area contributed by atoms with E-state index in [9.17, 15) is 4.79 Å². The summed E-state index contributed by atoms with van der Waals surface area (Å²) in [5.74, 6) is 0.965. The highest BCUT2D eigenvalue weighted by Gasteiger charge is 2.36. The van der Waals surface area contributed by atoms with Crippen LogP contribution in [0, 0.1) is 5.92 Å². The number of amides is 1. The van der Waals surface area contributed by atoms with E-state index in [1.54, 1.807) is 6.07 Å². The van der Waals surface area contributed by atoms with Gasteiger partial charge in [0.2, 0.25) is 0 Å². The molecule has 4 heteroatoms. The van der Waals surface area contributed by atoms with E-state index in [1.807, 2.05) is 24.3 Å². The number of nitrogens with two attached hydrogens (primary N) is 1. The van der Waals surface area contributed by atoms with Crippen LogP contribution in [0.15, 0.2) is 30.3 Å². The van der Waals surface area contributed by atoms with Crippen LogP contribution in [0.2, 0.25) is 0 Å². The van der Waals surface area contributed by atoms with Gasteiger partial charge in [0, 0.05) is 11.4 Å². The van der Waals surface area contributed by atoms with E-state index in [2.05, 4.69) is 17.2 Å². The van der Waals surface area contributed by atoms with Gasteiger partial charge >= 0.3 is 0 Å². The monoisotopic (exact) mass is 255 g/mol. The standard InChI is InChI=1S/C15H17N3O/c1-2-9-7-13(9)18-15(19)11-8-14(16)17-12-6-4-3-5-10(11)12/h3-6,8-9,13H,2,7H2,1H3,(H2,16,17)(H,18,19). The lowest BCUT2D eigenvalue weighted by molar-refractivity contribution is 0.0950. The van der Waals surface area contributed by atoms with Gasteiger partial charge in [0.05, 0.1) is 11.1 Å². The van der Waals surface area contributed by atoms with Crippen molar-refractivity contribution in [1.82, 2.24) is 10.3 Å². The van der Waals surface area contributed by atoms with Gasteiger partial charge in [-0.3, -0.25) is 4.79 Å². The Labute approximate surface area is 112 Å². The number of nitrogens with zero attached hydrogens (tertiary/aromatic N) is 1. The van der Waals surface area contributed by atoms with E-state index in [0.29, 0.717) is 23.3 Å². The summed E-state index contributed by atoms with van der Waals surface area (Å²) in [5.41, 5.74) is 7.15. The lowest BCUT2D eigenvalue weighted by atomic mass is 10.1. The van der Waals surface area contributed by atoms with Gasteiger partial charge in [-0.05, 0) is 24.5 Å². The van der Waals surface area contributed by atoms with E-state index >= 15 is 0 Å². The van der Waals surface area contributed by atoms with Gasteiger partial charge in [-0.15, -0.1) is 0 Å². The Balaban J connectivity index is 1.93. The van der Waals surface area contributed by atoms with Crippen molar-refractivity contribution >= 4 is 22.6 Å². The first-order valence-corrected chi connectivity index (χ1v) is 6.65. The molecule has 1 aromatic heterocycles. The van der Waals surface area contributed by atoms with Gasteiger partial charge in [-0.1, -0.05) is 31.5 Å². The number of nitrogen functional groups attached to an aromatic ring is 1. The zero-order valence-corrected chi connectivity index (χ0v) is 10.9. The largest absolute Gasteiger partial charge is 0.384 e. The fraction of sp³-hybridized carbons (Fsp3) is 0.333. The zero-order chi connectivity index (χ0) is 13.4. The Kier molecular flexibility index (Phi) is 2.85. The van der Waals surface area contributed by atoms with Crippen molar-refractivity contribution in [3.63, 3.8) is 0 Å². The Hall–Kier alpha value is -2.10. The molecule has 1 aliphatic rings. The summed E-state index contributed by atoms with van der Waals surface area (Å²) in [6.07, 6.45) is 2.20. The van der Waals surface area contributed by atoms with Crippen LogP contribution in [0.3, 0.4) is 0 Å². The van der Waals surface area contributed by atoms with Crippen molar-refractivity contribution in [3.05, 3.63) is 35.9 Å². The summed E-state index contributed by atoms with van der Waals surface area (Å²) in [6, 6.07) is 9.55. The molecule has 2 atom stereocenters. The SMILES string of the molecule is CCC1CC1NC(=O)c1cc(N)nc2ccccc12. The Morgan fingerprint density at radius 2 is 2.26 bits per heavy atom. The van der Waals surface area contributed by atoms with Crippen molar-refractivity contribution in [1.29, 1.82) is 0 Å². The fourth-order valence-corrected chi connectivity index (χ4v) is 2.51. The highest BCUT2D eigenvalue weighted by atomic mass is 16.1. The molecule has 0 radical (unpaired) electrons. The smallest absolute Gasteiger partial charge is 0.252 e. The normalized spacial score (nSPS) is 21.3. The number of hydrogen-bond donors (Lipinski definition) is 2. The van der Waals surface area contributed by atoms with Gasteiger partial charge in [0.25, 0.3) is 5.91 Å². The summed E-state index contributed by atoms with van der Waals surface area (Å²) in [7, 11) is 0. The van der Waals surface area contributed by atoms with Gasteiger partial charge in [0.1, 0.15) is 5.82 Å². The third-order valence-corrected chi connectivity index (χ3v) is 3.74. The van der Waals surface area contributed by atoms with E-state index in [0.717, 1.165) is 23.7 Å². The molecule has 19 heavy (non-hydrogen) atoms. The van der Waals surface area contributed by atoms with Crippen LogP contribution >= 0.6 is 0 Å². The number of pyridine rings is 1. The van der Waals surface area contributed by atoms with Crippen LogP contribution in [0.1, 0.15) is 30.1 Å². The minimum absolute atomic E-state index is 0.0498. The van der Waals surface area contributed by atoms with Crippen molar-refractivity contribution in [3.8, 4) is 0 Å². The molecule has 2 aromatic rings. The minimum Gasteiger partial charge on any atom is -0.384 e. The second-order valence-electron chi connectivity index (χ2n) is 5.10. The zero-order valence-electron chi connectivity index (χ0n) is 10.9. The molecule has 0 aliphatic heterocycles. The molecular formula is C15H17N3O. The predicted octanol–water partition coefficient (Wildman–Crippen LogP) is 2.35. The number of hydrogen-bond acceptors (Lipinski definition) is 3. The van der Waals surface area contributed by atoms with E-state index < -0.39 is 0 Å². The third-order valence-electron chi connectivity index (χ3n) is 3.74. The summed E-state index contributed by atoms with van der Waals surface area (Å²) in [5, 5.41) is 3.92. The highest BCUT2D eigenvalue weighted by molar-refractivity contribution is 6.07. The first-order valence-electron chi connectivity index (χ1n) is 6.65.